The molecule has 2 aromatic rings. The van der Waals surface area contributed by atoms with Gasteiger partial charge in [-0.25, -0.2) is 0 Å². The lowest BCUT2D eigenvalue weighted by molar-refractivity contribution is -0.697. The zero-order chi connectivity index (χ0) is 18.2. The Bertz CT molecular complexity index is 745. The number of ketones is 1. The van der Waals surface area contributed by atoms with Gasteiger partial charge in [0.1, 0.15) is 12.6 Å². The van der Waals surface area contributed by atoms with Gasteiger partial charge in [-0.15, -0.1) is 0 Å². The molecule has 0 saturated heterocycles. The number of Topliss-reactive ketones (excluding diaryl/α,β-unsaturated/α-hetero) is 1. The number of carbonyl (C=O) groups excluding carboxylic acids is 3. The van der Waals surface area contributed by atoms with Crippen molar-refractivity contribution >= 4 is 23.3 Å². The molecule has 1 unspecified atom stereocenters. The van der Waals surface area contributed by atoms with Crippen LogP contribution in [0.15, 0.2) is 48.8 Å². The van der Waals surface area contributed by atoms with E-state index in [1.54, 1.807) is 42.7 Å². The quantitative estimate of drug-likeness (QED) is 0.628. The van der Waals surface area contributed by atoms with E-state index in [2.05, 4.69) is 10.3 Å². The van der Waals surface area contributed by atoms with Gasteiger partial charge >= 0.3 is 0 Å². The maximum Gasteiger partial charge on any atom is 0.230 e. The zero-order valence-electron chi connectivity index (χ0n) is 13.8. The van der Waals surface area contributed by atoms with Crippen LogP contribution in [-0.2, 0) is 16.1 Å². The summed E-state index contributed by atoms with van der Waals surface area (Å²) in [4.78, 5) is 38.5. The molecule has 7 heteroatoms. The summed E-state index contributed by atoms with van der Waals surface area (Å²) in [5, 5.41) is 15.4. The number of anilines is 1. The number of carboxylic acids is 1. The van der Waals surface area contributed by atoms with Crippen LogP contribution in [-0.4, -0.2) is 28.7 Å². The second-order valence-corrected chi connectivity index (χ2v) is 5.61. The molecule has 130 valence electrons. The van der Waals surface area contributed by atoms with Crippen LogP contribution in [0.3, 0.4) is 0 Å². The summed E-state index contributed by atoms with van der Waals surface area (Å²) in [5.41, 5.74) is 1.89. The van der Waals surface area contributed by atoms with Gasteiger partial charge in [0.05, 0.1) is 12.4 Å². The van der Waals surface area contributed by atoms with Crippen LogP contribution < -0.4 is 15.7 Å². The first-order valence-corrected chi connectivity index (χ1v) is 7.79. The third kappa shape index (κ3) is 5.82. The lowest BCUT2D eigenvalue weighted by Gasteiger charge is -2.16. The Morgan fingerprint density at radius 3 is 2.48 bits per heavy atom. The van der Waals surface area contributed by atoms with Crippen molar-refractivity contribution in [3.63, 3.8) is 0 Å². The van der Waals surface area contributed by atoms with Gasteiger partial charge in [-0.1, -0.05) is 6.07 Å². The van der Waals surface area contributed by atoms with E-state index in [0.29, 0.717) is 17.8 Å². The molecule has 0 saturated carbocycles. The first kappa shape index (κ1) is 18.3. The van der Waals surface area contributed by atoms with Crippen LogP contribution >= 0.6 is 0 Å². The zero-order valence-corrected chi connectivity index (χ0v) is 13.8. The van der Waals surface area contributed by atoms with E-state index in [1.807, 2.05) is 6.07 Å². The molecule has 1 atom stereocenters. The van der Waals surface area contributed by atoms with E-state index >= 15 is 0 Å². The minimum absolute atomic E-state index is 0.0695. The Balaban J connectivity index is 1.91. The molecule has 0 radical (unpaired) electrons. The molecule has 2 rings (SSSR count). The summed E-state index contributed by atoms with van der Waals surface area (Å²) in [6.07, 6.45) is 3.04. The average Bonchev–Trinajstić information content (AvgIpc) is 2.59. The van der Waals surface area contributed by atoms with Crippen LogP contribution in [0.5, 0.6) is 0 Å². The van der Waals surface area contributed by atoms with E-state index in [1.165, 1.54) is 12.2 Å². The van der Waals surface area contributed by atoms with Gasteiger partial charge in [0.2, 0.25) is 5.91 Å². The predicted molar refractivity (Wildman–Crippen MR) is 88.4 cm³/mol. The Labute approximate surface area is 145 Å². The molecule has 0 bridgehead atoms. The number of benzene rings is 1. The smallest absolute Gasteiger partial charge is 0.230 e. The minimum atomic E-state index is -1.30. The Morgan fingerprint density at radius 1 is 1.20 bits per heavy atom. The molecular weight excluding hydrogens is 322 g/mol. The fraction of sp³-hybridized carbons (Fsp3) is 0.222. The van der Waals surface area contributed by atoms with Crippen molar-refractivity contribution in [1.29, 1.82) is 0 Å². The van der Waals surface area contributed by atoms with E-state index in [0.717, 1.165) is 5.56 Å². The van der Waals surface area contributed by atoms with Crippen LogP contribution in [0, 0.1) is 0 Å². The maximum atomic E-state index is 12.1. The highest BCUT2D eigenvalue weighted by Crippen LogP contribution is 2.10. The fourth-order valence-electron chi connectivity index (χ4n) is 2.26. The Hall–Kier alpha value is -3.06. The lowest BCUT2D eigenvalue weighted by Crippen LogP contribution is -2.92. The van der Waals surface area contributed by atoms with Gasteiger partial charge in [0.15, 0.2) is 5.78 Å². The van der Waals surface area contributed by atoms with Crippen molar-refractivity contribution in [1.82, 2.24) is 4.98 Å². The number of carboxylic acid groups (broad SMARTS) is 1. The third-order valence-electron chi connectivity index (χ3n) is 3.64. The van der Waals surface area contributed by atoms with E-state index in [4.69, 9.17) is 0 Å². The molecule has 0 aliphatic rings. The molecule has 0 fully saturated rings. The molecule has 1 aromatic heterocycles. The van der Waals surface area contributed by atoms with Crippen molar-refractivity contribution < 1.29 is 24.8 Å². The number of aliphatic carboxylic acids is 1. The molecule has 1 heterocycles. The number of hydrogen-bond donors (Lipinski definition) is 2. The standard InChI is InChI=1S/C18H19N3O4/c1-12(22)14-4-6-15(7-5-14)21-17(23)9-16(18(24)25)20-11-13-3-2-8-19-10-13/h2-8,10,16,20H,9,11H2,1H3,(H,21,23)(H,24,25). The number of nitrogens with two attached hydrogens (primary N) is 1. The number of nitrogens with zero attached hydrogens (tertiary/aromatic N) is 1. The van der Waals surface area contributed by atoms with Crippen molar-refractivity contribution in [2.45, 2.75) is 25.9 Å². The first-order valence-electron chi connectivity index (χ1n) is 7.79. The first-order chi connectivity index (χ1) is 12.0. The SMILES string of the molecule is CC(=O)c1ccc(NC(=O)CC([NH2+]Cc2cccnc2)C(=O)[O-])cc1. The van der Waals surface area contributed by atoms with Gasteiger partial charge in [-0.2, -0.15) is 0 Å². The van der Waals surface area contributed by atoms with E-state index < -0.39 is 17.9 Å². The van der Waals surface area contributed by atoms with Crippen molar-refractivity contribution in [3.05, 3.63) is 59.9 Å². The second-order valence-electron chi connectivity index (χ2n) is 5.61. The molecule has 1 aromatic carbocycles. The number of aromatic nitrogens is 1. The summed E-state index contributed by atoms with van der Waals surface area (Å²) in [6, 6.07) is 8.98. The van der Waals surface area contributed by atoms with Crippen LogP contribution in [0.1, 0.15) is 29.3 Å². The number of quaternary nitrogens is 1. The van der Waals surface area contributed by atoms with Crippen LogP contribution in [0.4, 0.5) is 5.69 Å². The largest absolute Gasteiger partial charge is 0.544 e. The molecular formula is C18H19N3O4. The second kappa shape index (κ2) is 8.70. The summed E-state index contributed by atoms with van der Waals surface area (Å²) >= 11 is 0. The van der Waals surface area contributed by atoms with Crippen LogP contribution in [0.2, 0.25) is 0 Å². The summed E-state index contributed by atoms with van der Waals surface area (Å²) in [6.45, 7) is 1.84. The fourth-order valence-corrected chi connectivity index (χ4v) is 2.26. The molecule has 7 nitrogen and oxygen atoms in total. The number of hydrogen-bond acceptors (Lipinski definition) is 5. The molecule has 25 heavy (non-hydrogen) atoms. The molecule has 1 amide bonds. The van der Waals surface area contributed by atoms with E-state index in [9.17, 15) is 19.5 Å². The summed E-state index contributed by atoms with van der Waals surface area (Å²) in [5.74, 6) is -1.81. The van der Waals surface area contributed by atoms with Gasteiger partial charge in [0, 0.05) is 29.2 Å². The summed E-state index contributed by atoms with van der Waals surface area (Å²) < 4.78 is 0. The van der Waals surface area contributed by atoms with Crippen molar-refractivity contribution in [2.24, 2.45) is 0 Å². The molecule has 0 spiro atoms. The topological polar surface area (TPSA) is 116 Å². The van der Waals surface area contributed by atoms with Gasteiger partial charge in [-0.3, -0.25) is 14.6 Å². The highest BCUT2D eigenvalue weighted by Gasteiger charge is 2.18. The normalized spacial score (nSPS) is 11.6. The predicted octanol–water partition coefficient (Wildman–Crippen LogP) is -0.505. The Kier molecular flexibility index (Phi) is 6.36. The summed E-state index contributed by atoms with van der Waals surface area (Å²) in [7, 11) is 0. The molecule has 0 aliphatic carbocycles. The van der Waals surface area contributed by atoms with Crippen molar-refractivity contribution in [3.8, 4) is 0 Å². The highest BCUT2D eigenvalue weighted by molar-refractivity contribution is 5.96. The van der Waals surface area contributed by atoms with Crippen LogP contribution in [0.25, 0.3) is 0 Å². The average molecular weight is 341 g/mol. The maximum absolute atomic E-state index is 12.1. The lowest BCUT2D eigenvalue weighted by atomic mass is 10.1. The van der Waals surface area contributed by atoms with Gasteiger partial charge in [0.25, 0.3) is 0 Å². The number of carbonyl (C=O) groups is 3. The molecule has 0 aliphatic heterocycles. The third-order valence-corrected chi connectivity index (χ3v) is 3.64. The molecule has 3 N–H and O–H groups in total. The number of amides is 1. The van der Waals surface area contributed by atoms with Gasteiger partial charge in [-0.05, 0) is 37.3 Å². The number of rotatable bonds is 8. The van der Waals surface area contributed by atoms with Gasteiger partial charge < -0.3 is 20.5 Å². The minimum Gasteiger partial charge on any atom is -0.544 e. The Morgan fingerprint density at radius 2 is 1.92 bits per heavy atom. The number of nitrogens with one attached hydrogen (secondary N) is 1. The monoisotopic (exact) mass is 341 g/mol. The highest BCUT2D eigenvalue weighted by atomic mass is 16.4. The van der Waals surface area contributed by atoms with E-state index in [-0.39, 0.29) is 12.2 Å². The number of pyridine rings is 1. The van der Waals surface area contributed by atoms with Crippen molar-refractivity contribution in [2.75, 3.05) is 5.32 Å².